The van der Waals surface area contributed by atoms with Crippen molar-refractivity contribution in [2.75, 3.05) is 14.1 Å². The standard InChI is InChI=1S/C10H12NO2/c1-11(2)8-13-10(12)9-6-4-3-5-7-9/h3-8H,1-2H3/q+1. The van der Waals surface area contributed by atoms with Crippen LogP contribution in [0.5, 0.6) is 0 Å². The Balaban J connectivity index is 2.65. The number of ether oxygens (including phenoxy) is 1. The van der Waals surface area contributed by atoms with E-state index in [1.807, 2.05) is 6.07 Å². The highest BCUT2D eigenvalue weighted by Crippen LogP contribution is 1.99. The fourth-order valence-corrected chi connectivity index (χ4v) is 0.796. The molecule has 0 aliphatic rings. The van der Waals surface area contributed by atoms with Gasteiger partial charge in [0.1, 0.15) is 14.1 Å². The number of benzene rings is 1. The summed E-state index contributed by atoms with van der Waals surface area (Å²) in [6, 6.07) is 8.88. The van der Waals surface area contributed by atoms with Crippen LogP contribution in [-0.4, -0.2) is 31.0 Å². The van der Waals surface area contributed by atoms with E-state index in [2.05, 4.69) is 0 Å². The quantitative estimate of drug-likeness (QED) is 0.294. The minimum atomic E-state index is -0.339. The van der Waals surface area contributed by atoms with Crippen molar-refractivity contribution < 1.29 is 14.1 Å². The maximum Gasteiger partial charge on any atom is 0.347 e. The van der Waals surface area contributed by atoms with Gasteiger partial charge in [0.15, 0.2) is 0 Å². The van der Waals surface area contributed by atoms with Crippen LogP contribution in [0.1, 0.15) is 10.4 Å². The lowest BCUT2D eigenvalue weighted by molar-refractivity contribution is -0.466. The molecule has 0 spiro atoms. The minimum Gasteiger partial charge on any atom is -0.373 e. The van der Waals surface area contributed by atoms with Crippen LogP contribution in [0.25, 0.3) is 0 Å². The Labute approximate surface area is 77.3 Å². The lowest BCUT2D eigenvalue weighted by Gasteiger charge is -1.95. The number of esters is 1. The van der Waals surface area contributed by atoms with Crippen LogP contribution in [0.15, 0.2) is 30.3 Å². The molecule has 0 aliphatic carbocycles. The van der Waals surface area contributed by atoms with Crippen LogP contribution >= 0.6 is 0 Å². The monoisotopic (exact) mass is 178 g/mol. The lowest BCUT2D eigenvalue weighted by Crippen LogP contribution is -2.09. The summed E-state index contributed by atoms with van der Waals surface area (Å²) < 4.78 is 6.52. The van der Waals surface area contributed by atoms with E-state index in [0.29, 0.717) is 5.56 Å². The Kier molecular flexibility index (Phi) is 3.20. The van der Waals surface area contributed by atoms with Crippen LogP contribution in [0.2, 0.25) is 0 Å². The van der Waals surface area contributed by atoms with Crippen molar-refractivity contribution in [3.05, 3.63) is 35.9 Å². The van der Waals surface area contributed by atoms with Gasteiger partial charge >= 0.3 is 12.4 Å². The predicted molar refractivity (Wildman–Crippen MR) is 50.0 cm³/mol. The maximum atomic E-state index is 11.3. The molecule has 0 unspecified atom stereocenters. The summed E-state index contributed by atoms with van der Waals surface area (Å²) in [7, 11) is 3.58. The molecule has 0 saturated carbocycles. The van der Waals surface area contributed by atoms with Crippen LogP contribution in [-0.2, 0) is 4.74 Å². The van der Waals surface area contributed by atoms with Crippen LogP contribution in [0, 0.1) is 0 Å². The smallest absolute Gasteiger partial charge is 0.347 e. The molecule has 0 aliphatic heterocycles. The van der Waals surface area contributed by atoms with E-state index >= 15 is 0 Å². The molecule has 1 rings (SSSR count). The van der Waals surface area contributed by atoms with Crippen molar-refractivity contribution in [2.45, 2.75) is 0 Å². The fraction of sp³-hybridized carbons (Fsp3) is 0.200. The van der Waals surface area contributed by atoms with Crippen molar-refractivity contribution in [3.63, 3.8) is 0 Å². The first-order valence-electron chi connectivity index (χ1n) is 3.96. The summed E-state index contributed by atoms with van der Waals surface area (Å²) in [6.07, 6.45) is 1.37. The second-order valence-corrected chi connectivity index (χ2v) is 2.84. The molecule has 68 valence electrons. The van der Waals surface area contributed by atoms with E-state index in [1.54, 1.807) is 42.9 Å². The first kappa shape index (κ1) is 9.45. The average Bonchev–Trinajstić information content (AvgIpc) is 2.15. The summed E-state index contributed by atoms with van der Waals surface area (Å²) in [5, 5.41) is 0. The van der Waals surface area contributed by atoms with Gasteiger partial charge in [-0.25, -0.2) is 9.37 Å². The molecular formula is C10H12NO2+. The SMILES string of the molecule is C[N+](C)=COC(=O)c1ccccc1. The number of rotatable bonds is 2. The molecular weight excluding hydrogens is 166 g/mol. The maximum absolute atomic E-state index is 11.3. The van der Waals surface area contributed by atoms with Gasteiger partial charge in [-0.1, -0.05) is 18.2 Å². The van der Waals surface area contributed by atoms with E-state index in [-0.39, 0.29) is 5.97 Å². The second kappa shape index (κ2) is 4.40. The molecule has 0 N–H and O–H groups in total. The van der Waals surface area contributed by atoms with E-state index in [0.717, 1.165) is 0 Å². The summed E-state index contributed by atoms with van der Waals surface area (Å²) >= 11 is 0. The topological polar surface area (TPSA) is 29.3 Å². The summed E-state index contributed by atoms with van der Waals surface area (Å²) in [5.41, 5.74) is 0.556. The molecule has 0 saturated heterocycles. The highest BCUT2D eigenvalue weighted by molar-refractivity contribution is 5.92. The Hall–Kier alpha value is -1.64. The zero-order valence-electron chi connectivity index (χ0n) is 7.73. The molecule has 0 radical (unpaired) electrons. The Morgan fingerprint density at radius 3 is 2.46 bits per heavy atom. The van der Waals surface area contributed by atoms with Gasteiger partial charge in [-0.2, -0.15) is 0 Å². The normalized spacial score (nSPS) is 9.08. The molecule has 0 heterocycles. The van der Waals surface area contributed by atoms with Crippen molar-refractivity contribution in [1.82, 2.24) is 0 Å². The molecule has 0 fully saturated rings. The third-order valence-corrected chi connectivity index (χ3v) is 1.38. The molecule has 0 bridgehead atoms. The molecule has 3 heteroatoms. The number of carbonyl (C=O) groups is 1. The summed E-state index contributed by atoms with van der Waals surface area (Å²) in [5.74, 6) is -0.339. The molecule has 1 aromatic carbocycles. The number of hydrogen-bond donors (Lipinski definition) is 0. The third-order valence-electron chi connectivity index (χ3n) is 1.38. The van der Waals surface area contributed by atoms with E-state index in [9.17, 15) is 4.79 Å². The molecule has 0 aromatic heterocycles. The predicted octanol–water partition coefficient (Wildman–Crippen LogP) is 1.14. The Bertz CT molecular complexity index is 313. The highest BCUT2D eigenvalue weighted by Gasteiger charge is 2.04. The molecule has 3 nitrogen and oxygen atoms in total. The molecule has 13 heavy (non-hydrogen) atoms. The van der Waals surface area contributed by atoms with E-state index in [1.165, 1.54) is 6.40 Å². The van der Waals surface area contributed by atoms with Crippen molar-refractivity contribution in [3.8, 4) is 0 Å². The summed E-state index contributed by atoms with van der Waals surface area (Å²) in [6.45, 7) is 0. The van der Waals surface area contributed by atoms with Gasteiger partial charge in [0, 0.05) is 0 Å². The zero-order chi connectivity index (χ0) is 9.68. The van der Waals surface area contributed by atoms with Crippen LogP contribution in [0.3, 0.4) is 0 Å². The number of nitrogens with zero attached hydrogens (tertiary/aromatic N) is 1. The van der Waals surface area contributed by atoms with Crippen molar-refractivity contribution >= 4 is 12.4 Å². The van der Waals surface area contributed by atoms with Gasteiger partial charge in [-0.15, -0.1) is 0 Å². The molecule has 0 atom stereocenters. The Morgan fingerprint density at radius 2 is 1.92 bits per heavy atom. The minimum absolute atomic E-state index is 0.339. The number of carbonyl (C=O) groups excluding carboxylic acids is 1. The molecule has 0 amide bonds. The van der Waals surface area contributed by atoms with Gasteiger partial charge in [0.2, 0.25) is 0 Å². The van der Waals surface area contributed by atoms with Gasteiger partial charge in [-0.05, 0) is 12.1 Å². The zero-order valence-corrected chi connectivity index (χ0v) is 7.73. The van der Waals surface area contributed by atoms with Gasteiger partial charge in [-0.3, -0.25) is 0 Å². The van der Waals surface area contributed by atoms with Crippen LogP contribution < -0.4 is 0 Å². The van der Waals surface area contributed by atoms with Crippen molar-refractivity contribution in [1.29, 1.82) is 0 Å². The van der Waals surface area contributed by atoms with Crippen LogP contribution in [0.4, 0.5) is 0 Å². The number of hydrogen-bond acceptors (Lipinski definition) is 2. The Morgan fingerprint density at radius 1 is 1.31 bits per heavy atom. The third kappa shape index (κ3) is 3.07. The first-order valence-corrected chi connectivity index (χ1v) is 3.96. The van der Waals surface area contributed by atoms with Gasteiger partial charge in [0.25, 0.3) is 0 Å². The second-order valence-electron chi connectivity index (χ2n) is 2.84. The first-order chi connectivity index (χ1) is 6.20. The molecule has 1 aromatic rings. The fourth-order valence-electron chi connectivity index (χ4n) is 0.796. The van der Waals surface area contributed by atoms with E-state index < -0.39 is 0 Å². The lowest BCUT2D eigenvalue weighted by atomic mass is 10.2. The van der Waals surface area contributed by atoms with Gasteiger partial charge in [0.05, 0.1) is 5.56 Å². The van der Waals surface area contributed by atoms with Crippen molar-refractivity contribution in [2.24, 2.45) is 0 Å². The van der Waals surface area contributed by atoms with E-state index in [4.69, 9.17) is 4.74 Å². The van der Waals surface area contributed by atoms with Gasteiger partial charge < -0.3 is 4.74 Å². The highest BCUT2D eigenvalue weighted by atomic mass is 16.5. The average molecular weight is 178 g/mol. The largest absolute Gasteiger partial charge is 0.373 e. The summed E-state index contributed by atoms with van der Waals surface area (Å²) in [4.78, 5) is 11.3.